The first-order valence-corrected chi connectivity index (χ1v) is 8.30. The smallest absolute Gasteiger partial charge is 0.320 e. The monoisotopic (exact) mass is 442 g/mol. The lowest BCUT2D eigenvalue weighted by molar-refractivity contribution is -0.143. The fourth-order valence-corrected chi connectivity index (χ4v) is 2.29. The van der Waals surface area contributed by atoms with Gasteiger partial charge in [-0.15, -0.1) is 12.4 Å². The number of carbonyl (C=O) groups excluding carboxylic acids is 1. The lowest BCUT2D eigenvalue weighted by Gasteiger charge is -2.09. The standard InChI is InChI=1S/C18H13ClF2N4O3.ClH/c19-10-5-15(21)18(24-8-10)28-12-1-2-13(14(20)6-12)17-23-4-3-11(25-17)9-27-16(26)7-22;/h1-6,8H,7,9,22H2;1H. The van der Waals surface area contributed by atoms with E-state index in [-0.39, 0.29) is 53.6 Å². The quantitative estimate of drug-likeness (QED) is 0.580. The lowest BCUT2D eigenvalue weighted by Crippen LogP contribution is -2.16. The number of esters is 1. The molecule has 0 unspecified atom stereocenters. The second kappa shape index (κ2) is 10.1. The normalized spacial score (nSPS) is 10.2. The maximum Gasteiger partial charge on any atom is 0.320 e. The Morgan fingerprint density at radius 2 is 1.93 bits per heavy atom. The van der Waals surface area contributed by atoms with Gasteiger partial charge in [-0.25, -0.2) is 23.7 Å². The number of ether oxygens (including phenoxy) is 2. The molecular formula is C18H14Cl2F2N4O3. The van der Waals surface area contributed by atoms with Crippen LogP contribution in [0, 0.1) is 11.6 Å². The van der Waals surface area contributed by atoms with E-state index >= 15 is 0 Å². The van der Waals surface area contributed by atoms with Crippen molar-refractivity contribution in [3.05, 3.63) is 65.1 Å². The SMILES string of the molecule is Cl.NCC(=O)OCc1ccnc(-c2ccc(Oc3ncc(Cl)cc3F)cc2F)n1. The Hall–Kier alpha value is -2.88. The summed E-state index contributed by atoms with van der Waals surface area (Å²) in [6, 6.07) is 6.40. The third-order valence-corrected chi connectivity index (χ3v) is 3.64. The van der Waals surface area contributed by atoms with E-state index in [0.29, 0.717) is 5.69 Å². The van der Waals surface area contributed by atoms with Gasteiger partial charge in [-0.1, -0.05) is 11.6 Å². The molecule has 2 N–H and O–H groups in total. The van der Waals surface area contributed by atoms with Gasteiger partial charge in [0.05, 0.1) is 22.8 Å². The molecule has 0 saturated carbocycles. The summed E-state index contributed by atoms with van der Waals surface area (Å²) in [4.78, 5) is 23.0. The van der Waals surface area contributed by atoms with Crippen LogP contribution in [0.5, 0.6) is 11.6 Å². The number of rotatable bonds is 6. The van der Waals surface area contributed by atoms with E-state index in [4.69, 9.17) is 26.8 Å². The number of carbonyl (C=O) groups is 1. The minimum absolute atomic E-state index is 0. The second-order valence-electron chi connectivity index (χ2n) is 5.42. The summed E-state index contributed by atoms with van der Waals surface area (Å²) in [5.74, 6) is -2.28. The van der Waals surface area contributed by atoms with Crippen LogP contribution in [-0.2, 0) is 16.1 Å². The fraction of sp³-hybridized carbons (Fsp3) is 0.111. The number of benzene rings is 1. The number of hydrogen-bond donors (Lipinski definition) is 1. The van der Waals surface area contributed by atoms with Gasteiger partial charge >= 0.3 is 5.97 Å². The number of aromatic nitrogens is 3. The van der Waals surface area contributed by atoms with Crippen molar-refractivity contribution >= 4 is 30.0 Å². The van der Waals surface area contributed by atoms with E-state index in [1.165, 1.54) is 30.6 Å². The first-order valence-electron chi connectivity index (χ1n) is 7.92. The molecule has 29 heavy (non-hydrogen) atoms. The first kappa shape index (κ1) is 22.4. The van der Waals surface area contributed by atoms with Crippen LogP contribution in [0.2, 0.25) is 5.02 Å². The average Bonchev–Trinajstić information content (AvgIpc) is 2.68. The van der Waals surface area contributed by atoms with E-state index in [1.54, 1.807) is 0 Å². The number of pyridine rings is 1. The van der Waals surface area contributed by atoms with Crippen LogP contribution < -0.4 is 10.5 Å². The molecule has 0 aliphatic rings. The predicted octanol–water partition coefficient (Wildman–Crippen LogP) is 3.69. The minimum atomic E-state index is -0.778. The molecule has 2 heterocycles. The van der Waals surface area contributed by atoms with Crippen LogP contribution in [-0.4, -0.2) is 27.5 Å². The first-order chi connectivity index (χ1) is 13.5. The Kier molecular flexibility index (Phi) is 7.77. The molecule has 0 radical (unpaired) electrons. The van der Waals surface area contributed by atoms with Gasteiger partial charge in [-0.3, -0.25) is 4.79 Å². The maximum atomic E-state index is 14.5. The van der Waals surface area contributed by atoms with Gasteiger partial charge in [-0.2, -0.15) is 0 Å². The molecule has 0 aliphatic carbocycles. The Morgan fingerprint density at radius 1 is 1.14 bits per heavy atom. The van der Waals surface area contributed by atoms with E-state index in [0.717, 1.165) is 12.1 Å². The highest BCUT2D eigenvalue weighted by Crippen LogP contribution is 2.28. The summed E-state index contributed by atoms with van der Waals surface area (Å²) in [6.45, 7) is -0.368. The maximum absolute atomic E-state index is 14.5. The van der Waals surface area contributed by atoms with Crippen molar-refractivity contribution in [1.29, 1.82) is 0 Å². The Labute approximate surface area is 175 Å². The molecule has 0 fully saturated rings. The molecular weight excluding hydrogens is 429 g/mol. The molecule has 0 saturated heterocycles. The minimum Gasteiger partial charge on any atom is -0.458 e. The lowest BCUT2D eigenvalue weighted by atomic mass is 10.2. The average molecular weight is 443 g/mol. The summed E-state index contributed by atoms with van der Waals surface area (Å²) < 4.78 is 38.4. The van der Waals surface area contributed by atoms with Gasteiger partial charge in [0, 0.05) is 18.5 Å². The molecule has 3 rings (SSSR count). The second-order valence-corrected chi connectivity index (χ2v) is 5.86. The molecule has 0 atom stereocenters. The van der Waals surface area contributed by atoms with Crippen LogP contribution >= 0.6 is 24.0 Å². The van der Waals surface area contributed by atoms with E-state index < -0.39 is 17.6 Å². The highest BCUT2D eigenvalue weighted by molar-refractivity contribution is 6.30. The number of nitrogens with two attached hydrogens (primary N) is 1. The third-order valence-electron chi connectivity index (χ3n) is 3.43. The summed E-state index contributed by atoms with van der Waals surface area (Å²) in [6.07, 6.45) is 2.62. The molecule has 7 nitrogen and oxygen atoms in total. The summed E-state index contributed by atoms with van der Waals surface area (Å²) in [5, 5.41) is 0.112. The van der Waals surface area contributed by atoms with Crippen LogP contribution in [0.4, 0.5) is 8.78 Å². The fourth-order valence-electron chi connectivity index (χ4n) is 2.15. The van der Waals surface area contributed by atoms with Crippen molar-refractivity contribution in [2.45, 2.75) is 6.61 Å². The molecule has 11 heteroatoms. The van der Waals surface area contributed by atoms with Crippen molar-refractivity contribution in [1.82, 2.24) is 15.0 Å². The summed E-state index contributed by atoms with van der Waals surface area (Å²) >= 11 is 5.63. The molecule has 0 amide bonds. The zero-order valence-electron chi connectivity index (χ0n) is 14.6. The molecule has 1 aromatic carbocycles. The van der Waals surface area contributed by atoms with E-state index in [2.05, 4.69) is 15.0 Å². The molecule has 0 spiro atoms. The van der Waals surface area contributed by atoms with E-state index in [1.807, 2.05) is 0 Å². The van der Waals surface area contributed by atoms with Crippen molar-refractivity contribution in [3.8, 4) is 23.0 Å². The summed E-state index contributed by atoms with van der Waals surface area (Å²) in [7, 11) is 0. The Balaban J connectivity index is 0.00000300. The number of nitrogens with zero attached hydrogens (tertiary/aromatic N) is 3. The van der Waals surface area contributed by atoms with Crippen molar-refractivity contribution in [2.24, 2.45) is 5.73 Å². The van der Waals surface area contributed by atoms with Crippen molar-refractivity contribution < 1.29 is 23.0 Å². The molecule has 2 aromatic heterocycles. The Morgan fingerprint density at radius 3 is 2.62 bits per heavy atom. The number of hydrogen-bond acceptors (Lipinski definition) is 7. The zero-order chi connectivity index (χ0) is 20.1. The van der Waals surface area contributed by atoms with Crippen LogP contribution in [0.1, 0.15) is 5.69 Å². The number of halogens is 4. The molecule has 0 aliphatic heterocycles. The van der Waals surface area contributed by atoms with Crippen LogP contribution in [0.15, 0.2) is 42.7 Å². The largest absolute Gasteiger partial charge is 0.458 e. The van der Waals surface area contributed by atoms with Crippen molar-refractivity contribution in [2.75, 3.05) is 6.54 Å². The van der Waals surface area contributed by atoms with Gasteiger partial charge < -0.3 is 15.2 Å². The van der Waals surface area contributed by atoms with Gasteiger partial charge in [-0.05, 0) is 24.3 Å². The van der Waals surface area contributed by atoms with Gasteiger partial charge in [0.25, 0.3) is 5.88 Å². The highest BCUT2D eigenvalue weighted by Gasteiger charge is 2.13. The van der Waals surface area contributed by atoms with E-state index in [9.17, 15) is 13.6 Å². The highest BCUT2D eigenvalue weighted by atomic mass is 35.5. The van der Waals surface area contributed by atoms with Crippen molar-refractivity contribution in [3.63, 3.8) is 0 Å². The van der Waals surface area contributed by atoms with Gasteiger partial charge in [0.15, 0.2) is 11.6 Å². The predicted molar refractivity (Wildman–Crippen MR) is 103 cm³/mol. The molecule has 0 bridgehead atoms. The Bertz CT molecular complexity index is 1020. The van der Waals surface area contributed by atoms with Crippen LogP contribution in [0.25, 0.3) is 11.4 Å². The van der Waals surface area contributed by atoms with Gasteiger partial charge in [0.2, 0.25) is 0 Å². The van der Waals surface area contributed by atoms with Gasteiger partial charge in [0.1, 0.15) is 18.2 Å². The zero-order valence-corrected chi connectivity index (χ0v) is 16.2. The molecule has 152 valence electrons. The third kappa shape index (κ3) is 5.80. The molecule has 3 aromatic rings. The summed E-state index contributed by atoms with van der Waals surface area (Å²) in [5.41, 5.74) is 5.62. The topological polar surface area (TPSA) is 100 Å². The van der Waals surface area contributed by atoms with Crippen LogP contribution in [0.3, 0.4) is 0 Å².